The van der Waals surface area contributed by atoms with Crippen molar-refractivity contribution in [2.75, 3.05) is 12.4 Å². The molecule has 2 aromatic rings. The summed E-state index contributed by atoms with van der Waals surface area (Å²) in [5, 5.41) is 14.1. The van der Waals surface area contributed by atoms with E-state index in [1.165, 1.54) is 36.7 Å². The summed E-state index contributed by atoms with van der Waals surface area (Å²) in [7, 11) is 1.35. The van der Waals surface area contributed by atoms with Gasteiger partial charge in [-0.05, 0) is 59.9 Å². The summed E-state index contributed by atoms with van der Waals surface area (Å²) in [6, 6.07) is 5.91. The van der Waals surface area contributed by atoms with Crippen molar-refractivity contribution in [2.45, 2.75) is 46.5 Å². The van der Waals surface area contributed by atoms with Crippen LogP contribution in [0.25, 0.3) is 6.08 Å². The first-order valence-corrected chi connectivity index (χ1v) is 11.4. The number of methoxy groups -OCH3 is 1. The fourth-order valence-corrected chi connectivity index (χ4v) is 5.30. The van der Waals surface area contributed by atoms with Gasteiger partial charge >= 0.3 is 5.97 Å². The lowest BCUT2D eigenvalue weighted by Gasteiger charge is -2.36. The standard InChI is InChI=1S/C24H28N2O5S/c1-5-24(2,3)16-9-12-18-19(14-16)32-22(21(18)23(28)31-4)25-20(27)13-8-15-6-10-17(11-7-15)26(29)30/h6-8,10-11,13,16H,5,9,12,14H2,1-4H3,(H,25,27). The summed E-state index contributed by atoms with van der Waals surface area (Å²) >= 11 is 1.45. The molecule has 1 aromatic heterocycles. The summed E-state index contributed by atoms with van der Waals surface area (Å²) in [5.41, 5.74) is 2.30. The summed E-state index contributed by atoms with van der Waals surface area (Å²) in [5.74, 6) is -0.294. The topological polar surface area (TPSA) is 98.5 Å². The van der Waals surface area contributed by atoms with Crippen molar-refractivity contribution in [3.05, 3.63) is 62.0 Å². The zero-order chi connectivity index (χ0) is 23.5. The van der Waals surface area contributed by atoms with E-state index in [1.54, 1.807) is 18.2 Å². The number of nitrogens with one attached hydrogen (secondary N) is 1. The molecule has 3 rings (SSSR count). The van der Waals surface area contributed by atoms with Crippen molar-refractivity contribution in [2.24, 2.45) is 11.3 Å². The molecule has 32 heavy (non-hydrogen) atoms. The monoisotopic (exact) mass is 456 g/mol. The molecule has 1 unspecified atom stereocenters. The molecule has 0 aliphatic heterocycles. The Kier molecular flexibility index (Phi) is 7.13. The second-order valence-corrected chi connectivity index (χ2v) is 9.76. The maximum absolute atomic E-state index is 12.6. The van der Waals surface area contributed by atoms with E-state index in [0.29, 0.717) is 22.0 Å². The number of esters is 1. The van der Waals surface area contributed by atoms with Crippen LogP contribution in [0.5, 0.6) is 0 Å². The van der Waals surface area contributed by atoms with E-state index in [4.69, 9.17) is 4.74 Å². The van der Waals surface area contributed by atoms with Gasteiger partial charge in [0.05, 0.1) is 17.6 Å². The maximum Gasteiger partial charge on any atom is 0.341 e. The lowest BCUT2D eigenvalue weighted by molar-refractivity contribution is -0.384. The summed E-state index contributed by atoms with van der Waals surface area (Å²) < 4.78 is 5.00. The Morgan fingerprint density at radius 2 is 2.00 bits per heavy atom. The van der Waals surface area contributed by atoms with Gasteiger partial charge in [0.2, 0.25) is 5.91 Å². The third-order valence-corrected chi connectivity index (χ3v) is 7.61. The van der Waals surface area contributed by atoms with Gasteiger partial charge in [-0.1, -0.05) is 27.2 Å². The number of fused-ring (bicyclic) bond motifs is 1. The van der Waals surface area contributed by atoms with Gasteiger partial charge in [0.25, 0.3) is 5.69 Å². The van der Waals surface area contributed by atoms with Crippen LogP contribution < -0.4 is 5.32 Å². The number of non-ortho nitro benzene ring substituents is 1. The number of hydrogen-bond acceptors (Lipinski definition) is 6. The van der Waals surface area contributed by atoms with Crippen LogP contribution in [-0.4, -0.2) is 23.9 Å². The van der Waals surface area contributed by atoms with Crippen molar-refractivity contribution < 1.29 is 19.2 Å². The van der Waals surface area contributed by atoms with Crippen LogP contribution in [0.4, 0.5) is 10.7 Å². The average molecular weight is 457 g/mol. The number of anilines is 1. The van der Waals surface area contributed by atoms with E-state index >= 15 is 0 Å². The number of carbonyl (C=O) groups excluding carboxylic acids is 2. The minimum Gasteiger partial charge on any atom is -0.465 e. The van der Waals surface area contributed by atoms with Crippen LogP contribution in [0.1, 0.15) is 60.0 Å². The molecule has 0 saturated carbocycles. The number of thiophene rings is 1. The van der Waals surface area contributed by atoms with Gasteiger partial charge in [-0.2, -0.15) is 0 Å². The van der Waals surface area contributed by atoms with Gasteiger partial charge in [0.1, 0.15) is 5.00 Å². The lowest BCUT2D eigenvalue weighted by atomic mass is 9.69. The Labute approximate surface area is 191 Å². The van der Waals surface area contributed by atoms with Crippen LogP contribution >= 0.6 is 11.3 Å². The van der Waals surface area contributed by atoms with E-state index in [1.807, 2.05) is 0 Å². The number of carbonyl (C=O) groups is 2. The molecular formula is C24H28N2O5S. The van der Waals surface area contributed by atoms with Crippen molar-refractivity contribution >= 4 is 40.0 Å². The zero-order valence-electron chi connectivity index (χ0n) is 18.8. The predicted molar refractivity (Wildman–Crippen MR) is 126 cm³/mol. The number of amides is 1. The van der Waals surface area contributed by atoms with Crippen molar-refractivity contribution in [1.29, 1.82) is 0 Å². The van der Waals surface area contributed by atoms with Gasteiger partial charge in [0, 0.05) is 23.1 Å². The highest BCUT2D eigenvalue weighted by atomic mass is 32.1. The van der Waals surface area contributed by atoms with E-state index < -0.39 is 10.9 Å². The molecule has 0 fully saturated rings. The summed E-state index contributed by atoms with van der Waals surface area (Å²) in [4.78, 5) is 36.5. The number of rotatable bonds is 7. The predicted octanol–water partition coefficient (Wildman–Crippen LogP) is 5.64. The fraction of sp³-hybridized carbons (Fsp3) is 0.417. The smallest absolute Gasteiger partial charge is 0.341 e. The summed E-state index contributed by atoms with van der Waals surface area (Å²) in [6.45, 7) is 6.76. The van der Waals surface area contributed by atoms with Gasteiger partial charge < -0.3 is 10.1 Å². The minimum absolute atomic E-state index is 0.0111. The zero-order valence-corrected chi connectivity index (χ0v) is 19.6. The Morgan fingerprint density at radius 1 is 1.31 bits per heavy atom. The normalized spacial score (nSPS) is 15.9. The molecule has 1 aliphatic carbocycles. The van der Waals surface area contributed by atoms with E-state index in [-0.39, 0.29) is 17.0 Å². The maximum atomic E-state index is 12.6. The molecule has 1 aromatic carbocycles. The molecule has 1 heterocycles. The molecule has 1 aliphatic rings. The van der Waals surface area contributed by atoms with Crippen LogP contribution in [-0.2, 0) is 22.4 Å². The average Bonchev–Trinajstić information content (AvgIpc) is 3.14. The summed E-state index contributed by atoms with van der Waals surface area (Å²) in [6.07, 6.45) is 6.69. The van der Waals surface area contributed by atoms with Crippen LogP contribution in [0.2, 0.25) is 0 Å². The molecule has 0 radical (unpaired) electrons. The Bertz CT molecular complexity index is 1050. The highest BCUT2D eigenvalue weighted by molar-refractivity contribution is 7.17. The third-order valence-electron chi connectivity index (χ3n) is 6.44. The molecule has 8 heteroatoms. The first-order chi connectivity index (χ1) is 15.2. The third kappa shape index (κ3) is 5.07. The molecule has 0 spiro atoms. The number of hydrogen-bond donors (Lipinski definition) is 1. The van der Waals surface area contributed by atoms with Crippen LogP contribution in [0.3, 0.4) is 0 Å². The number of nitro benzene ring substituents is 1. The van der Waals surface area contributed by atoms with Crippen molar-refractivity contribution in [3.8, 4) is 0 Å². The molecule has 1 N–H and O–H groups in total. The second kappa shape index (κ2) is 9.65. The SMILES string of the molecule is CCC(C)(C)C1CCc2c(sc(NC(=O)C=Cc3ccc([N+](=O)[O-])cc3)c2C(=O)OC)C1. The fourth-order valence-electron chi connectivity index (χ4n) is 3.98. The first-order valence-electron chi connectivity index (χ1n) is 10.6. The van der Waals surface area contributed by atoms with Gasteiger partial charge in [-0.3, -0.25) is 14.9 Å². The first kappa shape index (κ1) is 23.7. The molecule has 1 atom stereocenters. The second-order valence-electron chi connectivity index (χ2n) is 8.65. The van der Waals surface area contributed by atoms with Gasteiger partial charge in [0.15, 0.2) is 0 Å². The van der Waals surface area contributed by atoms with E-state index in [2.05, 4.69) is 26.1 Å². The van der Waals surface area contributed by atoms with E-state index in [0.717, 1.165) is 36.1 Å². The van der Waals surface area contributed by atoms with Crippen LogP contribution in [0, 0.1) is 21.4 Å². The Hall–Kier alpha value is -3.00. The van der Waals surface area contributed by atoms with Gasteiger partial charge in [-0.25, -0.2) is 4.79 Å². The largest absolute Gasteiger partial charge is 0.465 e. The number of nitro groups is 1. The Balaban J connectivity index is 1.80. The molecule has 170 valence electrons. The van der Waals surface area contributed by atoms with Crippen molar-refractivity contribution in [1.82, 2.24) is 0 Å². The number of benzene rings is 1. The molecule has 1 amide bonds. The quantitative estimate of drug-likeness (QED) is 0.252. The van der Waals surface area contributed by atoms with Gasteiger partial charge in [-0.15, -0.1) is 11.3 Å². The van der Waals surface area contributed by atoms with E-state index in [9.17, 15) is 19.7 Å². The number of ether oxygens (including phenoxy) is 1. The molecule has 0 bridgehead atoms. The number of nitrogens with zero attached hydrogens (tertiary/aromatic N) is 1. The Morgan fingerprint density at radius 3 is 2.59 bits per heavy atom. The highest BCUT2D eigenvalue weighted by Gasteiger charge is 2.35. The minimum atomic E-state index is -0.473. The van der Waals surface area contributed by atoms with Crippen LogP contribution in [0.15, 0.2) is 30.3 Å². The lowest BCUT2D eigenvalue weighted by Crippen LogP contribution is -2.28. The molecule has 7 nitrogen and oxygen atoms in total. The molecular weight excluding hydrogens is 428 g/mol. The molecule has 0 saturated heterocycles. The van der Waals surface area contributed by atoms with Crippen molar-refractivity contribution in [3.63, 3.8) is 0 Å². The highest BCUT2D eigenvalue weighted by Crippen LogP contribution is 2.45.